The summed E-state index contributed by atoms with van der Waals surface area (Å²) in [4.78, 5) is 25.6. The molecule has 0 aliphatic carbocycles. The number of likely N-dealkylation sites (N-methyl/N-ethyl adjacent to an activating group) is 1. The zero-order chi connectivity index (χ0) is 20.2. The van der Waals surface area contributed by atoms with E-state index in [9.17, 15) is 22.8 Å². The molecule has 0 saturated heterocycles. The molecule has 0 heterocycles. The molecule has 0 saturated carbocycles. The number of rotatable bonds is 5. The zero-order valence-electron chi connectivity index (χ0n) is 14.7. The molecule has 0 aliphatic rings. The van der Waals surface area contributed by atoms with Crippen LogP contribution in [0.15, 0.2) is 46.9 Å². The van der Waals surface area contributed by atoms with Gasteiger partial charge in [-0.15, -0.1) is 0 Å². The molecular formula is C19H18BrF3N2O2. The lowest BCUT2D eigenvalue weighted by molar-refractivity contribution is -0.137. The van der Waals surface area contributed by atoms with Gasteiger partial charge in [0.05, 0.1) is 18.5 Å². The Morgan fingerprint density at radius 1 is 1.11 bits per heavy atom. The Morgan fingerprint density at radius 2 is 1.74 bits per heavy atom. The number of nitrogens with zero attached hydrogens (tertiary/aromatic N) is 1. The average Bonchev–Trinajstić information content (AvgIpc) is 2.57. The number of halogens is 4. The summed E-state index contributed by atoms with van der Waals surface area (Å²) in [5, 5.41) is 2.73. The van der Waals surface area contributed by atoms with Gasteiger partial charge < -0.3 is 10.2 Å². The fourth-order valence-corrected chi connectivity index (χ4v) is 2.86. The zero-order valence-corrected chi connectivity index (χ0v) is 16.3. The van der Waals surface area contributed by atoms with Gasteiger partial charge in [0, 0.05) is 17.2 Å². The predicted octanol–water partition coefficient (Wildman–Crippen LogP) is 4.42. The van der Waals surface area contributed by atoms with E-state index in [-0.39, 0.29) is 24.8 Å². The van der Waals surface area contributed by atoms with Gasteiger partial charge in [0.25, 0.3) is 0 Å². The van der Waals surface area contributed by atoms with Crippen LogP contribution in [0.4, 0.5) is 18.9 Å². The quantitative estimate of drug-likeness (QED) is 0.744. The van der Waals surface area contributed by atoms with Crippen molar-refractivity contribution in [3.8, 4) is 0 Å². The maximum Gasteiger partial charge on any atom is 0.416 e. The van der Waals surface area contributed by atoms with Crippen molar-refractivity contribution in [2.75, 3.05) is 18.9 Å². The largest absolute Gasteiger partial charge is 0.416 e. The van der Waals surface area contributed by atoms with E-state index in [4.69, 9.17) is 0 Å². The summed E-state index contributed by atoms with van der Waals surface area (Å²) in [6, 6.07) is 9.80. The van der Waals surface area contributed by atoms with Crippen molar-refractivity contribution in [3.63, 3.8) is 0 Å². The van der Waals surface area contributed by atoms with E-state index in [0.717, 1.165) is 22.2 Å². The highest BCUT2D eigenvalue weighted by Gasteiger charge is 2.30. The van der Waals surface area contributed by atoms with Gasteiger partial charge >= 0.3 is 6.18 Å². The number of alkyl halides is 3. The minimum atomic E-state index is -4.41. The molecule has 2 aromatic rings. The number of hydrogen-bond donors (Lipinski definition) is 1. The Hall–Kier alpha value is -2.35. The van der Waals surface area contributed by atoms with Gasteiger partial charge in [0.2, 0.25) is 11.8 Å². The third-order valence-corrected chi connectivity index (χ3v) is 4.40. The lowest BCUT2D eigenvalue weighted by Gasteiger charge is -2.17. The van der Waals surface area contributed by atoms with Crippen molar-refractivity contribution in [2.45, 2.75) is 19.5 Å². The SMILES string of the molecule is Cc1cc(Br)ccc1NC(=O)CN(C)C(=O)Cc1ccc(C(F)(F)F)cc1. The number of aryl methyl sites for hydroxylation is 1. The third-order valence-electron chi connectivity index (χ3n) is 3.91. The van der Waals surface area contributed by atoms with Gasteiger partial charge in [-0.2, -0.15) is 13.2 Å². The topological polar surface area (TPSA) is 49.4 Å². The fourth-order valence-electron chi connectivity index (χ4n) is 2.38. The van der Waals surface area contributed by atoms with E-state index >= 15 is 0 Å². The van der Waals surface area contributed by atoms with Crippen LogP contribution < -0.4 is 5.32 Å². The molecule has 8 heteroatoms. The highest BCUT2D eigenvalue weighted by molar-refractivity contribution is 9.10. The highest BCUT2D eigenvalue weighted by Crippen LogP contribution is 2.29. The molecule has 0 fully saturated rings. The summed E-state index contributed by atoms with van der Waals surface area (Å²) < 4.78 is 38.6. The summed E-state index contributed by atoms with van der Waals surface area (Å²) in [6.07, 6.45) is -4.50. The van der Waals surface area contributed by atoms with Gasteiger partial charge in [-0.1, -0.05) is 28.1 Å². The van der Waals surface area contributed by atoms with Crippen LogP contribution in [0.2, 0.25) is 0 Å². The van der Waals surface area contributed by atoms with Crippen LogP contribution in [-0.4, -0.2) is 30.3 Å². The van der Waals surface area contributed by atoms with Crippen LogP contribution in [0.5, 0.6) is 0 Å². The Labute approximate surface area is 163 Å². The first-order valence-electron chi connectivity index (χ1n) is 8.02. The molecule has 0 bridgehead atoms. The normalized spacial score (nSPS) is 11.2. The van der Waals surface area contributed by atoms with Crippen molar-refractivity contribution in [2.24, 2.45) is 0 Å². The van der Waals surface area contributed by atoms with Crippen LogP contribution in [-0.2, 0) is 22.2 Å². The van der Waals surface area contributed by atoms with Crippen molar-refractivity contribution >= 4 is 33.4 Å². The van der Waals surface area contributed by atoms with Crippen molar-refractivity contribution in [3.05, 3.63) is 63.6 Å². The number of carbonyl (C=O) groups excluding carboxylic acids is 2. The molecule has 1 N–H and O–H groups in total. The molecule has 0 aromatic heterocycles. The van der Waals surface area contributed by atoms with Gasteiger partial charge in [0.1, 0.15) is 0 Å². The van der Waals surface area contributed by atoms with E-state index < -0.39 is 11.7 Å². The highest BCUT2D eigenvalue weighted by atomic mass is 79.9. The number of amides is 2. The summed E-state index contributed by atoms with van der Waals surface area (Å²) >= 11 is 3.34. The Kier molecular flexibility index (Phi) is 6.64. The molecule has 2 rings (SSSR count). The van der Waals surface area contributed by atoms with Gasteiger partial charge in [0.15, 0.2) is 0 Å². The third kappa shape index (κ3) is 6.09. The minimum absolute atomic E-state index is 0.0841. The first kappa shape index (κ1) is 21.0. The predicted molar refractivity (Wildman–Crippen MR) is 100 cm³/mol. The second kappa shape index (κ2) is 8.56. The maximum atomic E-state index is 12.6. The maximum absolute atomic E-state index is 12.6. The average molecular weight is 443 g/mol. The number of benzene rings is 2. The number of hydrogen-bond acceptors (Lipinski definition) is 2. The van der Waals surface area contributed by atoms with E-state index in [2.05, 4.69) is 21.2 Å². The first-order valence-corrected chi connectivity index (χ1v) is 8.81. The lowest BCUT2D eigenvalue weighted by atomic mass is 10.1. The van der Waals surface area contributed by atoms with Crippen molar-refractivity contribution in [1.29, 1.82) is 0 Å². The summed E-state index contributed by atoms with van der Waals surface area (Å²) in [5.74, 6) is -0.721. The number of anilines is 1. The molecule has 0 unspecified atom stereocenters. The van der Waals surface area contributed by atoms with Crippen molar-refractivity contribution in [1.82, 2.24) is 4.90 Å². The summed E-state index contributed by atoms with van der Waals surface area (Å²) in [6.45, 7) is 1.69. The van der Waals surface area contributed by atoms with Gasteiger partial charge in [-0.05, 0) is 48.4 Å². The second-order valence-corrected chi connectivity index (χ2v) is 7.04. The Bertz CT molecular complexity index is 836. The smallest absolute Gasteiger partial charge is 0.336 e. The Balaban J connectivity index is 1.92. The van der Waals surface area contributed by atoms with E-state index in [1.54, 1.807) is 12.1 Å². The lowest BCUT2D eigenvalue weighted by Crippen LogP contribution is -2.35. The van der Waals surface area contributed by atoms with Crippen LogP contribution in [0.1, 0.15) is 16.7 Å². The van der Waals surface area contributed by atoms with E-state index in [1.165, 1.54) is 24.1 Å². The number of nitrogens with one attached hydrogen (secondary N) is 1. The molecule has 0 atom stereocenters. The molecule has 27 heavy (non-hydrogen) atoms. The second-order valence-electron chi connectivity index (χ2n) is 6.13. The molecule has 0 radical (unpaired) electrons. The standard InChI is InChI=1S/C19H18BrF3N2O2/c1-12-9-15(20)7-8-16(12)24-17(26)11-25(2)18(27)10-13-3-5-14(6-4-13)19(21,22)23/h3-9H,10-11H2,1-2H3,(H,24,26). The molecule has 0 spiro atoms. The monoisotopic (exact) mass is 442 g/mol. The van der Waals surface area contributed by atoms with Crippen LogP contribution in [0, 0.1) is 6.92 Å². The first-order chi connectivity index (χ1) is 12.6. The van der Waals surface area contributed by atoms with Gasteiger partial charge in [-0.25, -0.2) is 0 Å². The molecule has 144 valence electrons. The van der Waals surface area contributed by atoms with E-state index in [1.807, 2.05) is 13.0 Å². The fraction of sp³-hybridized carbons (Fsp3) is 0.263. The van der Waals surface area contributed by atoms with Gasteiger partial charge in [-0.3, -0.25) is 9.59 Å². The molecule has 2 aromatic carbocycles. The number of carbonyl (C=O) groups is 2. The molecule has 4 nitrogen and oxygen atoms in total. The van der Waals surface area contributed by atoms with E-state index in [0.29, 0.717) is 11.3 Å². The summed E-state index contributed by atoms with van der Waals surface area (Å²) in [5.41, 5.74) is 1.20. The molecule has 2 amide bonds. The van der Waals surface area contributed by atoms with Crippen LogP contribution >= 0.6 is 15.9 Å². The minimum Gasteiger partial charge on any atom is -0.336 e. The molecular weight excluding hydrogens is 425 g/mol. The van der Waals surface area contributed by atoms with Crippen LogP contribution in [0.3, 0.4) is 0 Å². The Morgan fingerprint density at radius 3 is 2.30 bits per heavy atom. The van der Waals surface area contributed by atoms with Crippen molar-refractivity contribution < 1.29 is 22.8 Å². The summed E-state index contributed by atoms with van der Waals surface area (Å²) in [7, 11) is 1.47. The molecule has 0 aliphatic heterocycles. The van der Waals surface area contributed by atoms with Crippen LogP contribution in [0.25, 0.3) is 0 Å².